The van der Waals surface area contributed by atoms with E-state index in [0.717, 1.165) is 31.1 Å². The predicted octanol–water partition coefficient (Wildman–Crippen LogP) is 0.841. The van der Waals surface area contributed by atoms with Crippen LogP contribution in [0.15, 0.2) is 16.0 Å². The molecule has 0 aromatic carbocycles. The molecule has 0 radical (unpaired) electrons. The van der Waals surface area contributed by atoms with Gasteiger partial charge < -0.3 is 29.5 Å². The number of carbonyl (C=O) groups excluding carboxylic acids is 3. The molecule has 174 valence electrons. The van der Waals surface area contributed by atoms with E-state index in [4.69, 9.17) is 4.74 Å². The number of amides is 1. The fraction of sp³-hybridized carbons (Fsp3) is 0.619. The summed E-state index contributed by atoms with van der Waals surface area (Å²) < 4.78 is 4.99. The van der Waals surface area contributed by atoms with Gasteiger partial charge in [0.25, 0.3) is 0 Å². The molecule has 0 bridgehead atoms. The highest BCUT2D eigenvalue weighted by atomic mass is 32.2. The molecule has 1 aromatic heterocycles. The third-order valence-corrected chi connectivity index (χ3v) is 8.81. The second-order valence-corrected chi connectivity index (χ2v) is 10.5. The number of fused-ring (bicyclic) bond motifs is 1. The summed E-state index contributed by atoms with van der Waals surface area (Å²) in [6.07, 6.45) is 0.807. The molecular weight excluding hydrogens is 454 g/mol. The zero-order chi connectivity index (χ0) is 23.2. The Hall–Kier alpha value is -2.11. The van der Waals surface area contributed by atoms with Crippen LogP contribution in [0.25, 0.3) is 0 Å². The van der Waals surface area contributed by atoms with Gasteiger partial charge in [-0.05, 0) is 26.7 Å². The Kier molecular flexibility index (Phi) is 6.51. The van der Waals surface area contributed by atoms with E-state index < -0.39 is 24.0 Å². The molecule has 11 heteroatoms. The molecule has 3 aliphatic heterocycles. The van der Waals surface area contributed by atoms with Crippen molar-refractivity contribution in [1.82, 2.24) is 9.88 Å². The van der Waals surface area contributed by atoms with Crippen LogP contribution in [0.3, 0.4) is 0 Å². The molecule has 9 nitrogen and oxygen atoms in total. The highest BCUT2D eigenvalue weighted by Gasteiger charge is 2.58. The highest BCUT2D eigenvalue weighted by molar-refractivity contribution is 8.03. The molecule has 3 aliphatic rings. The van der Waals surface area contributed by atoms with E-state index in [1.54, 1.807) is 19.2 Å². The van der Waals surface area contributed by atoms with Crippen LogP contribution in [0.5, 0.6) is 0 Å². The number of piperidine rings is 1. The molecular formula is C21H26N3O6S2-. The van der Waals surface area contributed by atoms with Gasteiger partial charge in [-0.3, -0.25) is 4.79 Å². The Labute approximate surface area is 194 Å². The number of aromatic nitrogens is 1. The third kappa shape index (κ3) is 3.90. The number of β-lactam (4-membered cyclic amide) rings is 1. The standard InChI is InChI=1S/C21H27N3O6S2/c1-4-30-20(29)13-9-31-21(22-13)23-7-5-12(6-8-23)32-17-10(2)15-14(11(3)25)18(26)24(15)16(17)19(27)28/h9-12,14-15,25H,4-8H2,1-3H3,(H,27,28)/p-1/t10-,11-,14-,15-/m1/s1. The molecule has 32 heavy (non-hydrogen) atoms. The Morgan fingerprint density at radius 2 is 2.09 bits per heavy atom. The maximum absolute atomic E-state index is 12.5. The van der Waals surface area contributed by atoms with Gasteiger partial charge in [0.15, 0.2) is 10.8 Å². The van der Waals surface area contributed by atoms with Gasteiger partial charge in [0, 0.05) is 34.5 Å². The number of carboxylic acids is 1. The average Bonchev–Trinajstić information content (AvgIpc) is 3.32. The molecule has 0 spiro atoms. The number of carbonyl (C=O) groups is 3. The van der Waals surface area contributed by atoms with Gasteiger partial charge in [0.1, 0.15) is 0 Å². The number of thiazole rings is 1. The molecule has 2 saturated heterocycles. The molecule has 1 aromatic rings. The lowest BCUT2D eigenvalue weighted by Crippen LogP contribution is -2.64. The number of rotatable bonds is 7. The predicted molar refractivity (Wildman–Crippen MR) is 118 cm³/mol. The second-order valence-electron chi connectivity index (χ2n) is 8.29. The largest absolute Gasteiger partial charge is 0.543 e. The number of aliphatic carboxylic acids is 1. The molecule has 0 saturated carbocycles. The van der Waals surface area contributed by atoms with E-state index in [-0.39, 0.29) is 28.8 Å². The lowest BCUT2D eigenvalue weighted by atomic mass is 9.79. The van der Waals surface area contributed by atoms with Crippen LogP contribution in [0.4, 0.5) is 5.13 Å². The number of ether oxygens (including phenoxy) is 1. The van der Waals surface area contributed by atoms with Crippen molar-refractivity contribution in [2.45, 2.75) is 51.0 Å². The van der Waals surface area contributed by atoms with E-state index in [0.29, 0.717) is 17.2 Å². The summed E-state index contributed by atoms with van der Waals surface area (Å²) in [5, 5.41) is 24.5. The zero-order valence-corrected chi connectivity index (χ0v) is 19.8. The van der Waals surface area contributed by atoms with Crippen LogP contribution in [-0.4, -0.2) is 69.9 Å². The van der Waals surface area contributed by atoms with Gasteiger partial charge in [-0.2, -0.15) is 0 Å². The SMILES string of the molecule is CCOC(=O)c1csc(N2CCC(SC3=C(C(=O)[O-])N4C(=O)[C@H]([C@@H](C)O)[C@H]4[C@H]3C)CC2)n1. The van der Waals surface area contributed by atoms with E-state index in [1.807, 2.05) is 6.92 Å². The molecule has 4 heterocycles. The second kappa shape index (κ2) is 9.03. The summed E-state index contributed by atoms with van der Waals surface area (Å²) >= 11 is 2.92. The monoisotopic (exact) mass is 480 g/mol. The van der Waals surface area contributed by atoms with Crippen molar-refractivity contribution in [3.63, 3.8) is 0 Å². The third-order valence-electron chi connectivity index (χ3n) is 6.28. The number of nitrogens with zero attached hydrogens (tertiary/aromatic N) is 3. The Morgan fingerprint density at radius 1 is 1.41 bits per heavy atom. The summed E-state index contributed by atoms with van der Waals surface area (Å²) in [7, 11) is 0. The molecule has 0 aliphatic carbocycles. The van der Waals surface area contributed by atoms with E-state index in [9.17, 15) is 24.6 Å². The van der Waals surface area contributed by atoms with Crippen LogP contribution in [0.2, 0.25) is 0 Å². The van der Waals surface area contributed by atoms with Crippen molar-refractivity contribution in [3.8, 4) is 0 Å². The first-order valence-electron chi connectivity index (χ1n) is 10.8. The number of aliphatic hydroxyl groups excluding tert-OH is 1. The van der Waals surface area contributed by atoms with Crippen LogP contribution < -0.4 is 10.0 Å². The number of hydrogen-bond acceptors (Lipinski definition) is 10. The van der Waals surface area contributed by atoms with Crippen LogP contribution in [0, 0.1) is 11.8 Å². The minimum Gasteiger partial charge on any atom is -0.543 e. The van der Waals surface area contributed by atoms with Crippen molar-refractivity contribution in [2.24, 2.45) is 11.8 Å². The lowest BCUT2D eigenvalue weighted by molar-refractivity contribution is -0.301. The van der Waals surface area contributed by atoms with E-state index in [1.165, 1.54) is 28.0 Å². The summed E-state index contributed by atoms with van der Waals surface area (Å²) in [5.74, 6) is -2.84. The summed E-state index contributed by atoms with van der Waals surface area (Å²) in [5.41, 5.74) is 0.282. The maximum atomic E-state index is 12.5. The summed E-state index contributed by atoms with van der Waals surface area (Å²) in [6.45, 7) is 7.01. The van der Waals surface area contributed by atoms with E-state index >= 15 is 0 Å². The summed E-state index contributed by atoms with van der Waals surface area (Å²) in [4.78, 5) is 44.7. The fourth-order valence-electron chi connectivity index (χ4n) is 4.72. The number of hydrogen-bond donors (Lipinski definition) is 1. The number of thioether (sulfide) groups is 1. The van der Waals surface area contributed by atoms with Crippen molar-refractivity contribution < 1.29 is 29.3 Å². The quantitative estimate of drug-likeness (QED) is 0.447. The molecule has 0 unspecified atom stereocenters. The van der Waals surface area contributed by atoms with E-state index in [2.05, 4.69) is 9.88 Å². The minimum atomic E-state index is -1.34. The van der Waals surface area contributed by atoms with Crippen molar-refractivity contribution in [2.75, 3.05) is 24.6 Å². The van der Waals surface area contributed by atoms with Gasteiger partial charge >= 0.3 is 5.97 Å². The van der Waals surface area contributed by atoms with Crippen LogP contribution in [0.1, 0.15) is 44.1 Å². The van der Waals surface area contributed by atoms with Crippen molar-refractivity contribution >= 4 is 46.1 Å². The zero-order valence-electron chi connectivity index (χ0n) is 18.1. The first kappa shape index (κ1) is 23.1. The number of anilines is 1. The maximum Gasteiger partial charge on any atom is 0.357 e. The van der Waals surface area contributed by atoms with Gasteiger partial charge in [0.2, 0.25) is 5.91 Å². The van der Waals surface area contributed by atoms with Crippen LogP contribution in [-0.2, 0) is 14.3 Å². The van der Waals surface area contributed by atoms with Gasteiger partial charge in [-0.25, -0.2) is 9.78 Å². The Balaban J connectivity index is 1.41. The molecule has 1 amide bonds. The van der Waals surface area contributed by atoms with Crippen molar-refractivity contribution in [3.05, 3.63) is 21.7 Å². The normalized spacial score (nSPS) is 26.8. The number of aliphatic hydroxyl groups is 1. The first-order chi connectivity index (χ1) is 15.2. The van der Waals surface area contributed by atoms with Gasteiger partial charge in [-0.1, -0.05) is 6.92 Å². The Morgan fingerprint density at radius 3 is 2.69 bits per heavy atom. The minimum absolute atomic E-state index is 0.0316. The van der Waals surface area contributed by atoms with Gasteiger partial charge in [-0.15, -0.1) is 23.1 Å². The Bertz CT molecular complexity index is 953. The fourth-order valence-corrected chi connectivity index (χ4v) is 7.02. The topological polar surface area (TPSA) is 123 Å². The smallest absolute Gasteiger partial charge is 0.357 e. The first-order valence-corrected chi connectivity index (χ1v) is 12.5. The van der Waals surface area contributed by atoms with Crippen LogP contribution >= 0.6 is 23.1 Å². The number of carboxylic acid groups (broad SMARTS) is 1. The molecule has 4 rings (SSSR count). The number of esters is 1. The van der Waals surface area contributed by atoms with Crippen molar-refractivity contribution in [1.29, 1.82) is 0 Å². The lowest BCUT2D eigenvalue weighted by Gasteiger charge is -2.47. The highest BCUT2D eigenvalue weighted by Crippen LogP contribution is 2.51. The van der Waals surface area contributed by atoms with Gasteiger partial charge in [0.05, 0.1) is 36.3 Å². The molecule has 4 atom stereocenters. The molecule has 1 N–H and O–H groups in total. The average molecular weight is 481 g/mol. The molecule has 2 fully saturated rings. The summed E-state index contributed by atoms with van der Waals surface area (Å²) in [6, 6.07) is -0.324.